The lowest BCUT2D eigenvalue weighted by atomic mass is 10.5. The molecule has 0 atom stereocenters. The molecule has 0 spiro atoms. The Kier molecular flexibility index (Phi) is 3.76. The van der Waals surface area contributed by atoms with Gasteiger partial charge in [0.25, 0.3) is 0 Å². The molecule has 2 aromatic rings. The number of aryl methyl sites for hydroxylation is 1. The van der Waals surface area contributed by atoms with Crippen LogP contribution in [-0.4, -0.2) is 15.2 Å². The summed E-state index contributed by atoms with van der Waals surface area (Å²) in [5, 5.41) is 8.53. The van der Waals surface area contributed by atoms with Gasteiger partial charge in [-0.1, -0.05) is 20.3 Å². The van der Waals surface area contributed by atoms with Gasteiger partial charge in [-0.3, -0.25) is 0 Å². The predicted molar refractivity (Wildman–Crippen MR) is 55.9 cm³/mol. The van der Waals surface area contributed by atoms with Crippen LogP contribution in [0.4, 0.5) is 0 Å². The van der Waals surface area contributed by atoms with Gasteiger partial charge in [0, 0.05) is 0 Å². The fraction of sp³-hybridized carbons (Fsp3) is 0.444. The third-order valence-corrected chi connectivity index (χ3v) is 2.13. The van der Waals surface area contributed by atoms with E-state index in [1.165, 1.54) is 6.42 Å². The topological polar surface area (TPSA) is 38.7 Å². The van der Waals surface area contributed by atoms with Gasteiger partial charge in [-0.15, -0.1) is 11.3 Å². The van der Waals surface area contributed by atoms with E-state index in [-0.39, 0.29) is 0 Å². The predicted octanol–water partition coefficient (Wildman–Crippen LogP) is 2.81. The summed E-state index contributed by atoms with van der Waals surface area (Å²) in [7, 11) is 0. The first-order chi connectivity index (χ1) is 6.27. The molecule has 2 aromatic heterocycles. The zero-order chi connectivity index (χ0) is 9.68. The van der Waals surface area contributed by atoms with E-state index in [0.29, 0.717) is 0 Å². The molecule has 0 saturated carbocycles. The first-order valence-electron chi connectivity index (χ1n) is 4.31. The van der Waals surface area contributed by atoms with E-state index >= 15 is 0 Å². The fourth-order valence-electron chi connectivity index (χ4n) is 0.818. The first kappa shape index (κ1) is 10.1. The molecule has 0 saturated heterocycles. The molecule has 2 rings (SSSR count). The Morgan fingerprint density at radius 2 is 1.85 bits per heavy atom. The van der Waals surface area contributed by atoms with Crippen LogP contribution >= 0.6 is 11.3 Å². The highest BCUT2D eigenvalue weighted by atomic mass is 32.1. The molecule has 4 heteroatoms. The zero-order valence-corrected chi connectivity index (χ0v) is 8.93. The number of hydrogen-bond acceptors (Lipinski definition) is 4. The first-order valence-corrected chi connectivity index (χ1v) is 5.13. The van der Waals surface area contributed by atoms with Gasteiger partial charge in [0.15, 0.2) is 0 Å². The van der Waals surface area contributed by atoms with E-state index < -0.39 is 0 Å². The Balaban J connectivity index is 0.000000251. The summed E-state index contributed by atoms with van der Waals surface area (Å²) in [6.45, 7) is 6.23. The number of fused-ring (bicyclic) bond motifs is 1. The SMILES string of the molecule is CCC.Cc1nc2cnncc2s1. The van der Waals surface area contributed by atoms with Crippen molar-refractivity contribution in [3.8, 4) is 0 Å². The maximum Gasteiger partial charge on any atom is 0.103 e. The third kappa shape index (κ3) is 2.73. The Hall–Kier alpha value is -1.03. The maximum atomic E-state index is 4.23. The minimum atomic E-state index is 0.942. The Labute approximate surface area is 81.8 Å². The van der Waals surface area contributed by atoms with E-state index in [0.717, 1.165) is 15.2 Å². The maximum absolute atomic E-state index is 4.23. The van der Waals surface area contributed by atoms with Crippen LogP contribution in [0.1, 0.15) is 25.3 Å². The Morgan fingerprint density at radius 1 is 1.23 bits per heavy atom. The molecule has 70 valence electrons. The lowest BCUT2D eigenvalue weighted by Gasteiger charge is -1.78. The van der Waals surface area contributed by atoms with Crippen molar-refractivity contribution in [1.82, 2.24) is 15.2 Å². The second-order valence-electron chi connectivity index (χ2n) is 2.68. The highest BCUT2D eigenvalue weighted by molar-refractivity contribution is 7.18. The van der Waals surface area contributed by atoms with Gasteiger partial charge in [-0.05, 0) is 6.92 Å². The Morgan fingerprint density at radius 3 is 2.46 bits per heavy atom. The summed E-state index contributed by atoms with van der Waals surface area (Å²) >= 11 is 1.64. The largest absolute Gasteiger partial charge is 0.240 e. The summed E-state index contributed by atoms with van der Waals surface area (Å²) in [6.07, 6.45) is 4.67. The van der Waals surface area contributed by atoms with Crippen molar-refractivity contribution < 1.29 is 0 Å². The number of thiazole rings is 1. The molecule has 0 aliphatic heterocycles. The normalized spacial score (nSPS) is 9.46. The van der Waals surface area contributed by atoms with E-state index in [9.17, 15) is 0 Å². The van der Waals surface area contributed by atoms with Crippen LogP contribution < -0.4 is 0 Å². The quantitative estimate of drug-likeness (QED) is 0.648. The monoisotopic (exact) mass is 195 g/mol. The van der Waals surface area contributed by atoms with Crippen LogP contribution in [-0.2, 0) is 0 Å². The summed E-state index contributed by atoms with van der Waals surface area (Å²) in [5.74, 6) is 0. The lowest BCUT2D eigenvalue weighted by molar-refractivity contribution is 1.05. The minimum absolute atomic E-state index is 0.942. The van der Waals surface area contributed by atoms with E-state index in [2.05, 4.69) is 29.0 Å². The molecule has 0 N–H and O–H groups in total. The van der Waals surface area contributed by atoms with Crippen molar-refractivity contribution in [2.45, 2.75) is 27.2 Å². The molecule has 0 aliphatic rings. The van der Waals surface area contributed by atoms with Crippen LogP contribution in [0.3, 0.4) is 0 Å². The molecule has 0 aliphatic carbocycles. The van der Waals surface area contributed by atoms with Crippen molar-refractivity contribution in [2.75, 3.05) is 0 Å². The second kappa shape index (κ2) is 4.87. The third-order valence-electron chi connectivity index (χ3n) is 1.21. The molecule has 3 nitrogen and oxygen atoms in total. The van der Waals surface area contributed by atoms with Gasteiger partial charge in [0.05, 0.1) is 22.1 Å². The smallest absolute Gasteiger partial charge is 0.103 e. The number of aromatic nitrogens is 3. The van der Waals surface area contributed by atoms with Gasteiger partial charge in [0.2, 0.25) is 0 Å². The van der Waals surface area contributed by atoms with Crippen molar-refractivity contribution in [3.63, 3.8) is 0 Å². The molecule has 2 heterocycles. The summed E-state index contributed by atoms with van der Waals surface area (Å²) in [4.78, 5) is 4.23. The van der Waals surface area contributed by atoms with E-state index in [4.69, 9.17) is 0 Å². The van der Waals surface area contributed by atoms with Crippen molar-refractivity contribution in [1.29, 1.82) is 0 Å². The zero-order valence-electron chi connectivity index (χ0n) is 8.11. The van der Waals surface area contributed by atoms with Crippen molar-refractivity contribution >= 4 is 21.6 Å². The average Bonchev–Trinajstić information content (AvgIpc) is 2.45. The molecule has 0 aromatic carbocycles. The number of nitrogens with zero attached hydrogens (tertiary/aromatic N) is 3. The number of hydrogen-bond donors (Lipinski definition) is 0. The Bertz CT molecular complexity index is 337. The van der Waals surface area contributed by atoms with Crippen LogP contribution in [0.15, 0.2) is 12.4 Å². The summed E-state index contributed by atoms with van der Waals surface area (Å²) < 4.78 is 1.10. The molecular weight excluding hydrogens is 182 g/mol. The lowest BCUT2D eigenvalue weighted by Crippen LogP contribution is -1.75. The van der Waals surface area contributed by atoms with Gasteiger partial charge < -0.3 is 0 Å². The standard InChI is InChI=1S/C6H5N3S.C3H8/c1-4-9-5-2-7-8-3-6(5)10-4;1-3-2/h2-3H,1H3;3H2,1-2H3. The van der Waals surface area contributed by atoms with Crippen molar-refractivity contribution in [2.24, 2.45) is 0 Å². The highest BCUT2D eigenvalue weighted by Crippen LogP contribution is 2.18. The average molecular weight is 195 g/mol. The van der Waals surface area contributed by atoms with Gasteiger partial charge in [-0.25, -0.2) is 4.98 Å². The van der Waals surface area contributed by atoms with Crippen LogP contribution in [0.2, 0.25) is 0 Å². The highest BCUT2D eigenvalue weighted by Gasteiger charge is 1.97. The molecule has 13 heavy (non-hydrogen) atoms. The fourth-order valence-corrected chi connectivity index (χ4v) is 1.58. The van der Waals surface area contributed by atoms with Crippen molar-refractivity contribution in [3.05, 3.63) is 17.4 Å². The molecule has 0 amide bonds. The van der Waals surface area contributed by atoms with Crippen LogP contribution in [0, 0.1) is 6.92 Å². The second-order valence-corrected chi connectivity index (χ2v) is 3.91. The van der Waals surface area contributed by atoms with Gasteiger partial charge in [-0.2, -0.15) is 10.2 Å². The van der Waals surface area contributed by atoms with Gasteiger partial charge >= 0.3 is 0 Å². The van der Waals surface area contributed by atoms with Crippen LogP contribution in [0.5, 0.6) is 0 Å². The minimum Gasteiger partial charge on any atom is -0.240 e. The van der Waals surface area contributed by atoms with Gasteiger partial charge in [0.1, 0.15) is 5.52 Å². The molecule has 0 radical (unpaired) electrons. The molecule has 0 bridgehead atoms. The molecule has 0 fully saturated rings. The van der Waals surface area contributed by atoms with E-state index in [1.54, 1.807) is 23.7 Å². The molecular formula is C9H13N3S. The number of rotatable bonds is 0. The molecule has 0 unspecified atom stereocenters. The summed E-state index contributed by atoms with van der Waals surface area (Å²) in [6, 6.07) is 0. The van der Waals surface area contributed by atoms with Crippen LogP contribution in [0.25, 0.3) is 10.2 Å². The van der Waals surface area contributed by atoms with E-state index in [1.807, 2.05) is 6.92 Å². The summed E-state index contributed by atoms with van der Waals surface area (Å²) in [5.41, 5.74) is 0.942.